The third-order valence-corrected chi connectivity index (χ3v) is 31.3. The van der Waals surface area contributed by atoms with Crippen LogP contribution < -0.4 is 0 Å². The first-order valence-corrected chi connectivity index (χ1v) is 51.5. The first-order chi connectivity index (χ1) is 64.3. The SMILES string of the molecule is Cc1nc(C)c2c(cc(C(C)C)n2C)c1C.Cc1nc(C)c2c(nc(C(C)C)n2C)c1C.Cc1nc(C)c2oc(C(C)C)cc2c1C.Cc1nc(C)c2oc(C(C)C)nc2c1C.Cc1nc(C)c2sc(C(C)C)cc2c1C.Cc1nc(C)c2sc(C(C)C)nc2c1C.Cc1nc2c(nc(C(C)C)n2C)c(C)c1C.Cc1nc2oc(C(C)C)nc2c(C)c1C.Cc1nc2sc(C(C)C)nc2c(C)c1C. The Kier molecular flexibility index (Phi) is 35.0. The van der Waals surface area contributed by atoms with Crippen molar-refractivity contribution < 1.29 is 13.3 Å². The van der Waals surface area contributed by atoms with Crippen molar-refractivity contribution in [3.63, 3.8) is 0 Å². The Hall–Kier alpha value is -11.0. The second-order valence-electron chi connectivity index (χ2n) is 40.7. The van der Waals surface area contributed by atoms with E-state index in [0.29, 0.717) is 59.0 Å². The third kappa shape index (κ3) is 23.0. The van der Waals surface area contributed by atoms with Gasteiger partial charge >= 0.3 is 0 Å². The Morgan fingerprint density at radius 3 is 1.17 bits per heavy atom. The van der Waals surface area contributed by atoms with E-state index in [1.807, 2.05) is 66.9 Å². The molecule has 0 N–H and O–H groups in total. The number of thiazole rings is 2. The summed E-state index contributed by atoms with van der Waals surface area (Å²) < 4.78 is 26.4. The number of fused-ring (bicyclic) bond motifs is 9. The number of hydrogen-bond donors (Lipinski definition) is 0. The lowest BCUT2D eigenvalue weighted by molar-refractivity contribution is 0.494. The van der Waals surface area contributed by atoms with Crippen LogP contribution >= 0.6 is 34.0 Å². The fourth-order valence-corrected chi connectivity index (χ4v) is 20.2. The van der Waals surface area contributed by atoms with Crippen molar-refractivity contribution in [2.75, 3.05) is 0 Å². The van der Waals surface area contributed by atoms with Crippen LogP contribution in [-0.2, 0) is 21.1 Å². The average Bonchev–Trinajstić information content (AvgIpc) is 1.61. The molecule has 0 aliphatic heterocycles. The first kappa shape index (κ1) is 109. The summed E-state index contributed by atoms with van der Waals surface area (Å²) in [4.78, 5) is 71.3. The molecule has 738 valence electrons. The van der Waals surface area contributed by atoms with Gasteiger partial charge in [-0.15, -0.1) is 22.7 Å². The molecule has 0 saturated carbocycles. The maximum absolute atomic E-state index is 5.83. The summed E-state index contributed by atoms with van der Waals surface area (Å²) in [6.45, 7) is 95.0. The maximum atomic E-state index is 5.83. The lowest BCUT2D eigenvalue weighted by atomic mass is 10.1. The smallest absolute Gasteiger partial charge is 0.247 e. The lowest BCUT2D eigenvalue weighted by Gasteiger charge is -2.09. The molecule has 18 aromatic rings. The first-order valence-electron chi connectivity index (χ1n) is 49.1. The van der Waals surface area contributed by atoms with Gasteiger partial charge in [0.1, 0.15) is 44.3 Å². The molecule has 18 aromatic heterocycles. The largest absolute Gasteiger partial charge is 0.459 e. The average molecular weight is 1920 g/mol. The number of furan rings is 1. The second-order valence-corrected chi connectivity index (χ2v) is 43.8. The molecular formula is C114H156N18O3S3. The van der Waals surface area contributed by atoms with Crippen molar-refractivity contribution in [1.82, 2.24) is 88.5 Å². The van der Waals surface area contributed by atoms with Crippen molar-refractivity contribution in [2.45, 2.75) is 365 Å². The van der Waals surface area contributed by atoms with Crippen LogP contribution in [0.25, 0.3) is 97.0 Å². The number of thiophene rings is 1. The van der Waals surface area contributed by atoms with Gasteiger partial charge in [-0.2, -0.15) is 0 Å². The number of aromatic nitrogens is 18. The minimum absolute atomic E-state index is 0.305. The monoisotopic (exact) mass is 1920 g/mol. The molecule has 0 aromatic carbocycles. The molecule has 18 heterocycles. The van der Waals surface area contributed by atoms with Gasteiger partial charge in [-0.05, 0) is 289 Å². The summed E-state index contributed by atoms with van der Waals surface area (Å²) in [6, 6.07) is 6.80. The highest BCUT2D eigenvalue weighted by atomic mass is 32.1. The molecule has 0 saturated heterocycles. The molecule has 0 radical (unpaired) electrons. The van der Waals surface area contributed by atoms with Gasteiger partial charge in [0.2, 0.25) is 5.71 Å². The molecule has 138 heavy (non-hydrogen) atoms. The summed E-state index contributed by atoms with van der Waals surface area (Å²) in [7, 11) is 6.26. The number of oxazole rings is 2. The van der Waals surface area contributed by atoms with E-state index < -0.39 is 0 Å². The van der Waals surface area contributed by atoms with Crippen LogP contribution in [0, 0.1) is 187 Å². The van der Waals surface area contributed by atoms with Crippen molar-refractivity contribution in [1.29, 1.82) is 0 Å². The molecular weight excluding hydrogens is 1770 g/mol. The molecule has 18 rings (SSSR count). The summed E-state index contributed by atoms with van der Waals surface area (Å²) in [5, 5.41) is 6.36. The van der Waals surface area contributed by atoms with E-state index in [1.54, 1.807) is 22.7 Å². The highest BCUT2D eigenvalue weighted by Crippen LogP contribution is 2.39. The number of aryl methyl sites for hydroxylation is 27. The zero-order chi connectivity index (χ0) is 103. The summed E-state index contributed by atoms with van der Waals surface area (Å²) in [5.74, 6) is 8.92. The van der Waals surface area contributed by atoms with Gasteiger partial charge in [0, 0.05) is 135 Å². The van der Waals surface area contributed by atoms with Crippen molar-refractivity contribution in [3.8, 4) is 0 Å². The Labute approximate surface area is 833 Å². The highest BCUT2D eigenvalue weighted by molar-refractivity contribution is 7.19. The molecule has 0 aliphatic rings. The zero-order valence-electron chi connectivity index (χ0n) is 92.4. The number of rotatable bonds is 9. The number of nitrogens with zero attached hydrogens (tertiary/aromatic N) is 18. The van der Waals surface area contributed by atoms with Crippen molar-refractivity contribution in [3.05, 3.63) is 220 Å². The zero-order valence-corrected chi connectivity index (χ0v) is 94.9. The van der Waals surface area contributed by atoms with E-state index >= 15 is 0 Å². The van der Waals surface area contributed by atoms with Crippen LogP contribution in [0.15, 0.2) is 31.5 Å². The second kappa shape index (κ2) is 44.3. The van der Waals surface area contributed by atoms with Crippen molar-refractivity contribution in [2.24, 2.45) is 21.1 Å². The Balaban J connectivity index is 0.000000160. The van der Waals surface area contributed by atoms with E-state index in [0.717, 1.165) is 169 Å². The van der Waals surface area contributed by atoms with Gasteiger partial charge in [0.05, 0.1) is 75.6 Å². The molecule has 0 bridgehead atoms. The Morgan fingerprint density at radius 1 is 0.239 bits per heavy atom. The molecule has 0 atom stereocenters. The van der Waals surface area contributed by atoms with Gasteiger partial charge in [-0.25, -0.2) is 44.9 Å². The van der Waals surface area contributed by atoms with Gasteiger partial charge in [0.15, 0.2) is 28.6 Å². The van der Waals surface area contributed by atoms with E-state index in [2.05, 4.69) is 369 Å². The molecule has 0 spiro atoms. The normalized spacial score (nSPS) is 11.6. The molecule has 0 fully saturated rings. The number of imidazole rings is 2. The quantitative estimate of drug-likeness (QED) is 0.130. The third-order valence-electron chi connectivity index (χ3n) is 27.0. The standard InChI is InChI=1S/C14H20N2.2C13H19N3.C13H17NO.C13H17NS.2C12H16N2O.2C12H16N2S/c1-8(2)13-7-12-9(3)10(4)15-11(5)14(12)16(13)6;1-7(2)13-15-11-8(3)9(4)14-10(5)12(11)16(13)6;1-7(2)12-15-11-9(4)8(3)10(5)14-13(11)16(12)6;2*1-7(2)12-6-11-8(3)9(4)14-10(5)13(11)15-12;1-6(2)12-14-10-7(3)8(4)13-9(5)11(10)15-12;1-6(2)11-14-10-8(4)7(3)9(5)13-12(10)15-11;1-6(2)12-14-10-7(3)8(4)13-9(5)11(10)15-12;1-6(2)11-14-10-8(4)7(3)9(5)13-12(10)15-11/h7-8H,1-6H3;2*7H,1-6H3;2*6-7H,1-5H3;4*6H,1-5H3. The molecule has 21 nitrogen and oxygen atoms in total. The van der Waals surface area contributed by atoms with Crippen LogP contribution in [0.4, 0.5) is 0 Å². The van der Waals surface area contributed by atoms with Crippen LogP contribution in [0.5, 0.6) is 0 Å². The van der Waals surface area contributed by atoms with Crippen LogP contribution in [0.2, 0.25) is 0 Å². The predicted octanol–water partition coefficient (Wildman–Crippen LogP) is 31.9. The van der Waals surface area contributed by atoms with E-state index in [9.17, 15) is 0 Å². The summed E-state index contributed by atoms with van der Waals surface area (Å²) in [5.41, 5.74) is 44.6. The van der Waals surface area contributed by atoms with Crippen molar-refractivity contribution >= 4 is 131 Å². The van der Waals surface area contributed by atoms with Gasteiger partial charge in [-0.3, -0.25) is 29.9 Å². The van der Waals surface area contributed by atoms with Crippen LogP contribution in [0.3, 0.4) is 0 Å². The van der Waals surface area contributed by atoms with E-state index in [-0.39, 0.29) is 0 Å². The fraction of sp³-hybridized carbons (Fsp3) is 0.500. The molecule has 0 unspecified atom stereocenters. The Morgan fingerprint density at radius 2 is 0.652 bits per heavy atom. The number of pyridine rings is 9. The van der Waals surface area contributed by atoms with Crippen LogP contribution in [0.1, 0.15) is 380 Å². The molecule has 24 heteroatoms. The van der Waals surface area contributed by atoms with Gasteiger partial charge < -0.3 is 27.0 Å². The minimum Gasteiger partial charge on any atom is -0.459 e. The minimum atomic E-state index is 0.305. The topological polar surface area (TPSA) is 248 Å². The Bertz CT molecular complexity index is 6930. The predicted molar refractivity (Wildman–Crippen MR) is 584 cm³/mol. The van der Waals surface area contributed by atoms with E-state index in [4.69, 9.17) is 28.2 Å². The van der Waals surface area contributed by atoms with Gasteiger partial charge in [0.25, 0.3) is 0 Å². The van der Waals surface area contributed by atoms with Crippen LogP contribution in [-0.4, -0.2) is 88.5 Å². The molecule has 0 aliphatic carbocycles. The fourth-order valence-electron chi connectivity index (χ4n) is 16.9. The number of hydrogen-bond acceptors (Lipinski definition) is 21. The highest BCUT2D eigenvalue weighted by Gasteiger charge is 2.25. The maximum Gasteiger partial charge on any atom is 0.247 e. The summed E-state index contributed by atoms with van der Waals surface area (Å²) >= 11 is 5.39. The van der Waals surface area contributed by atoms with E-state index in [1.165, 1.54) is 124 Å². The van der Waals surface area contributed by atoms with Gasteiger partial charge in [-0.1, -0.05) is 136 Å². The molecule has 0 amide bonds. The lowest BCUT2D eigenvalue weighted by Crippen LogP contribution is -2.01. The summed E-state index contributed by atoms with van der Waals surface area (Å²) in [6.07, 6.45) is 0.